The molecule has 0 unspecified atom stereocenters. The molecule has 0 aliphatic carbocycles. The van der Waals surface area contributed by atoms with E-state index in [1.165, 1.54) is 69.3 Å². The minimum absolute atomic E-state index is 0.00776. The lowest BCUT2D eigenvalue weighted by molar-refractivity contribution is -0.170. The second kappa shape index (κ2) is 11.5. The molecular weight excluding hydrogens is 541 g/mol. The summed E-state index contributed by atoms with van der Waals surface area (Å²) in [5.41, 5.74) is -3.15. The predicted molar refractivity (Wildman–Crippen MR) is 135 cm³/mol. The molecule has 0 fully saturated rings. The maximum absolute atomic E-state index is 16.5. The van der Waals surface area contributed by atoms with Crippen LogP contribution >= 0.6 is 11.6 Å². The first-order valence-corrected chi connectivity index (χ1v) is 13.6. The van der Waals surface area contributed by atoms with Gasteiger partial charge in [0.05, 0.1) is 30.6 Å². The first-order chi connectivity index (χ1) is 18.0. The van der Waals surface area contributed by atoms with Gasteiger partial charge in [0.25, 0.3) is 15.6 Å². The lowest BCUT2D eigenvalue weighted by Gasteiger charge is -2.38. The summed E-state index contributed by atoms with van der Waals surface area (Å²) in [4.78, 5) is 40.2. The second-order valence-electron chi connectivity index (χ2n) is 8.20. The summed E-state index contributed by atoms with van der Waals surface area (Å²) in [5.74, 6) is -7.61. The zero-order chi connectivity index (χ0) is 28.3. The quantitative estimate of drug-likeness (QED) is 0.193. The molecule has 204 valence electrons. The highest BCUT2D eigenvalue weighted by atomic mass is 35.5. The molecule has 9 nitrogen and oxygen atoms in total. The summed E-state index contributed by atoms with van der Waals surface area (Å²) in [6, 6.07) is 10.8. The van der Waals surface area contributed by atoms with Crippen molar-refractivity contribution in [1.29, 1.82) is 0 Å². The van der Waals surface area contributed by atoms with Crippen LogP contribution in [0, 0.1) is 6.92 Å². The average Bonchev–Trinajstić information content (AvgIpc) is 3.16. The molecule has 1 aliphatic rings. The van der Waals surface area contributed by atoms with E-state index < -0.39 is 55.8 Å². The van der Waals surface area contributed by atoms with Crippen LogP contribution < -0.4 is 0 Å². The molecule has 1 heterocycles. The van der Waals surface area contributed by atoms with E-state index in [1.807, 2.05) is 0 Å². The molecule has 0 amide bonds. The number of benzene rings is 2. The van der Waals surface area contributed by atoms with Gasteiger partial charge < -0.3 is 14.2 Å². The van der Waals surface area contributed by atoms with Gasteiger partial charge in [-0.05, 0) is 57.5 Å². The number of esters is 3. The lowest BCUT2D eigenvalue weighted by atomic mass is 9.77. The molecule has 0 radical (unpaired) electrons. The van der Waals surface area contributed by atoms with Crippen LogP contribution in [0.3, 0.4) is 0 Å². The van der Waals surface area contributed by atoms with Gasteiger partial charge in [-0.2, -0.15) is 4.39 Å². The zero-order valence-corrected chi connectivity index (χ0v) is 22.8. The molecule has 2 aromatic rings. The number of rotatable bonds is 9. The van der Waals surface area contributed by atoms with Crippen LogP contribution in [-0.2, 0) is 38.6 Å². The van der Waals surface area contributed by atoms with Crippen molar-refractivity contribution < 1.29 is 41.4 Å². The summed E-state index contributed by atoms with van der Waals surface area (Å²) in [6.45, 7) is 5.26. The fourth-order valence-corrected chi connectivity index (χ4v) is 6.02. The monoisotopic (exact) mass is 567 g/mol. The Bertz CT molecular complexity index is 1340. The third kappa shape index (κ3) is 4.88. The Kier molecular flexibility index (Phi) is 8.83. The number of halogens is 2. The molecule has 12 heteroatoms. The Morgan fingerprint density at radius 1 is 0.895 bits per heavy atom. The molecule has 3 rings (SSSR count). The number of carbonyl (C=O) groups excluding carboxylic acids is 3. The molecule has 1 atom stereocenters. The Hall–Kier alpha value is -3.44. The van der Waals surface area contributed by atoms with Crippen molar-refractivity contribution in [3.63, 3.8) is 0 Å². The maximum Gasteiger partial charge on any atom is 0.345 e. The molecule has 0 spiro atoms. The molecular formula is C26H27ClFNO8S. The zero-order valence-electron chi connectivity index (χ0n) is 21.2. The van der Waals surface area contributed by atoms with Gasteiger partial charge in [-0.1, -0.05) is 41.4 Å². The summed E-state index contributed by atoms with van der Waals surface area (Å²) < 4.78 is 59.9. The fraction of sp³-hybridized carbons (Fsp3) is 0.346. The van der Waals surface area contributed by atoms with Crippen molar-refractivity contribution in [2.24, 2.45) is 0 Å². The summed E-state index contributed by atoms with van der Waals surface area (Å²) >= 11 is 6.02. The highest BCUT2D eigenvalue weighted by molar-refractivity contribution is 7.89. The molecule has 0 saturated carbocycles. The number of sulfonamides is 1. The van der Waals surface area contributed by atoms with E-state index >= 15 is 4.39 Å². The number of ether oxygens (including phenoxy) is 3. The molecule has 0 saturated heterocycles. The lowest BCUT2D eigenvalue weighted by Crippen LogP contribution is -2.63. The van der Waals surface area contributed by atoms with Gasteiger partial charge in [0.1, 0.15) is 5.57 Å². The summed E-state index contributed by atoms with van der Waals surface area (Å²) in [5, 5.41) is 0.260. The van der Waals surface area contributed by atoms with Gasteiger partial charge in [0.2, 0.25) is 5.95 Å². The highest BCUT2D eigenvalue weighted by Crippen LogP contribution is 2.53. The first kappa shape index (κ1) is 29.1. The van der Waals surface area contributed by atoms with Crippen molar-refractivity contribution >= 4 is 39.5 Å². The molecule has 0 aromatic heterocycles. The third-order valence-electron chi connectivity index (χ3n) is 5.86. The van der Waals surface area contributed by atoms with Gasteiger partial charge >= 0.3 is 17.9 Å². The van der Waals surface area contributed by atoms with Gasteiger partial charge in [0.15, 0.2) is 0 Å². The number of aryl methyl sites for hydroxylation is 1. The predicted octanol–water partition coefficient (Wildman–Crippen LogP) is 4.05. The topological polar surface area (TPSA) is 116 Å². The number of hydrogen-bond donors (Lipinski definition) is 0. The minimum Gasteiger partial charge on any atom is -0.464 e. The Balaban J connectivity index is 2.50. The Morgan fingerprint density at radius 2 is 1.39 bits per heavy atom. The first-order valence-electron chi connectivity index (χ1n) is 11.8. The minimum atomic E-state index is -5.00. The van der Waals surface area contributed by atoms with Crippen molar-refractivity contribution in [2.45, 2.75) is 44.0 Å². The van der Waals surface area contributed by atoms with E-state index in [0.29, 0.717) is 5.56 Å². The summed E-state index contributed by atoms with van der Waals surface area (Å²) in [6.07, 6.45) is 0. The van der Waals surface area contributed by atoms with E-state index in [0.717, 1.165) is 0 Å². The van der Waals surface area contributed by atoms with E-state index in [4.69, 9.17) is 25.8 Å². The van der Waals surface area contributed by atoms with Crippen LogP contribution in [0.1, 0.15) is 37.8 Å². The van der Waals surface area contributed by atoms with Crippen LogP contribution in [0.2, 0.25) is 5.02 Å². The SMILES string of the molecule is CCOC(=O)C1=C(F)N(S(=O)(=O)c2ccc(C)cc2)C(C(=O)OCC)(C(=O)OCC)[C@@H]1c1ccc(Cl)cc1. The third-order valence-corrected chi connectivity index (χ3v) is 7.91. The Labute approximate surface area is 225 Å². The van der Waals surface area contributed by atoms with Crippen molar-refractivity contribution in [2.75, 3.05) is 19.8 Å². The van der Waals surface area contributed by atoms with Crippen LogP contribution in [0.25, 0.3) is 0 Å². The largest absolute Gasteiger partial charge is 0.464 e. The molecule has 0 bridgehead atoms. The van der Waals surface area contributed by atoms with Gasteiger partial charge in [0, 0.05) is 5.02 Å². The van der Waals surface area contributed by atoms with E-state index in [1.54, 1.807) is 6.92 Å². The maximum atomic E-state index is 16.5. The highest BCUT2D eigenvalue weighted by Gasteiger charge is 2.71. The van der Waals surface area contributed by atoms with E-state index in [2.05, 4.69) is 0 Å². The van der Waals surface area contributed by atoms with Crippen molar-refractivity contribution in [1.82, 2.24) is 4.31 Å². The fourth-order valence-electron chi connectivity index (χ4n) is 4.26. The molecule has 2 aromatic carbocycles. The smallest absolute Gasteiger partial charge is 0.345 e. The normalized spacial score (nSPS) is 16.8. The van der Waals surface area contributed by atoms with E-state index in [9.17, 15) is 22.8 Å². The molecule has 0 N–H and O–H groups in total. The number of carbonyl (C=O) groups is 3. The summed E-state index contributed by atoms with van der Waals surface area (Å²) in [7, 11) is -5.00. The van der Waals surface area contributed by atoms with Crippen molar-refractivity contribution in [3.8, 4) is 0 Å². The van der Waals surface area contributed by atoms with Gasteiger partial charge in [-0.3, -0.25) is 0 Å². The number of hydrogen-bond acceptors (Lipinski definition) is 8. The standard InChI is InChI=1S/C26H27ClFNO8S/c1-5-35-23(30)20-21(17-10-12-18(27)13-11-17)26(24(31)36-6-2,25(32)37-7-3)29(22(20)28)38(33,34)19-14-8-16(4)9-15-19/h8-15,21H,5-7H2,1-4H3/t21-/m1/s1. The van der Waals surface area contributed by atoms with Crippen LogP contribution in [0.15, 0.2) is 65.0 Å². The Morgan fingerprint density at radius 3 is 1.87 bits per heavy atom. The van der Waals surface area contributed by atoms with Crippen LogP contribution in [0.4, 0.5) is 4.39 Å². The molecule has 1 aliphatic heterocycles. The van der Waals surface area contributed by atoms with Gasteiger partial charge in [-0.15, -0.1) is 0 Å². The van der Waals surface area contributed by atoms with Crippen LogP contribution in [-0.4, -0.2) is 56.0 Å². The van der Waals surface area contributed by atoms with Crippen LogP contribution in [0.5, 0.6) is 0 Å². The molecule has 38 heavy (non-hydrogen) atoms. The van der Waals surface area contributed by atoms with Crippen molar-refractivity contribution in [3.05, 3.63) is 76.2 Å². The number of nitrogens with zero attached hydrogens (tertiary/aromatic N) is 1. The average molecular weight is 568 g/mol. The van der Waals surface area contributed by atoms with E-state index in [-0.39, 0.29) is 34.7 Å². The second-order valence-corrected chi connectivity index (χ2v) is 10.4. The van der Waals surface area contributed by atoms with Gasteiger partial charge in [-0.25, -0.2) is 27.1 Å².